The Bertz CT molecular complexity index is 1420. The van der Waals surface area contributed by atoms with Crippen molar-refractivity contribution in [2.75, 3.05) is 0 Å². The number of rotatable bonds is 0. The summed E-state index contributed by atoms with van der Waals surface area (Å²) in [6.45, 7) is 0. The second-order valence-electron chi connectivity index (χ2n) is 8.62. The number of halogens is 2. The maximum atomic E-state index is 3.39. The van der Waals surface area contributed by atoms with E-state index >= 15 is 0 Å². The second-order valence-corrected chi connectivity index (χ2v) is 8.62. The van der Waals surface area contributed by atoms with Crippen LogP contribution in [0.15, 0.2) is 170 Å². The van der Waals surface area contributed by atoms with E-state index in [1.54, 1.807) is 0 Å². The molecule has 0 N–H and O–H groups in total. The molecule has 0 aliphatic rings. The van der Waals surface area contributed by atoms with Crippen LogP contribution < -0.4 is 0 Å². The van der Waals surface area contributed by atoms with Gasteiger partial charge in [0.05, 0.1) is 0 Å². The van der Waals surface area contributed by atoms with Crippen molar-refractivity contribution < 1.29 is 57.2 Å². The van der Waals surface area contributed by atoms with Gasteiger partial charge in [-0.15, -0.1) is 119 Å². The average Bonchev–Trinajstić information content (AvgIpc) is 3.86. The number of benzene rings is 4. The molecule has 208 valence electrons. The van der Waals surface area contributed by atoms with Crippen LogP contribution in [0, 0.1) is 0 Å². The standard InChI is InChI=1S/4C9H7.2CH2.2FH.2Hf/c4*1-2-5-9-7-3-6-8(9)4-1;;;;;;/h4*1-7H;2*1H2;2*1H;;/q4*-1;;;;;2*+2. The smallest absolute Gasteiger partial charge is 0.0809 e. The van der Waals surface area contributed by atoms with Gasteiger partial charge < -0.3 is 0 Å². The molecule has 0 saturated carbocycles. The third kappa shape index (κ3) is 11.2. The molecule has 0 atom stereocenters. The molecule has 4 heteroatoms. The Hall–Kier alpha value is -3.34. The van der Waals surface area contributed by atoms with Gasteiger partial charge in [-0.1, -0.05) is 24.3 Å². The van der Waals surface area contributed by atoms with Crippen LogP contribution in [0.1, 0.15) is 0 Å². The van der Waals surface area contributed by atoms with E-state index in [0.717, 1.165) is 47.8 Å². The van der Waals surface area contributed by atoms with E-state index in [0.29, 0.717) is 0 Å². The molecule has 42 heavy (non-hydrogen) atoms. The molecule has 0 bridgehead atoms. The quantitative estimate of drug-likeness (QED) is 0.105. The Labute approximate surface area is 276 Å². The molecule has 0 fully saturated rings. The largest absolute Gasteiger partial charge is 0.168 e. The van der Waals surface area contributed by atoms with Gasteiger partial charge in [-0.2, -0.15) is 70.1 Å². The number of hydrogen-bond donors (Lipinski definition) is 0. The minimum atomic E-state index is 0. The van der Waals surface area contributed by atoms with Gasteiger partial charge in [0.15, 0.2) is 0 Å². The predicted molar refractivity (Wildman–Crippen MR) is 177 cm³/mol. The first-order valence-electron chi connectivity index (χ1n) is 13.0. The summed E-state index contributed by atoms with van der Waals surface area (Å²) in [5, 5.41) is 10.6. The van der Waals surface area contributed by atoms with Gasteiger partial charge in [0.1, 0.15) is 0 Å². The fraction of sp³-hybridized carbons (Fsp3) is 0. The van der Waals surface area contributed by atoms with Crippen LogP contribution in [0.2, 0.25) is 0 Å². The van der Waals surface area contributed by atoms with E-state index < -0.39 is 0 Å². The fourth-order valence-electron chi connectivity index (χ4n) is 4.28. The summed E-state index contributed by atoms with van der Waals surface area (Å²) in [4.78, 5) is 0. The molecule has 8 aromatic rings. The maximum Gasteiger partial charge on any atom is -0.0809 e. The third-order valence-electron chi connectivity index (χ3n) is 6.19. The number of hydrogen-bond acceptors (Lipinski definition) is 0. The van der Waals surface area contributed by atoms with Gasteiger partial charge in [-0.05, 0) is 0 Å². The van der Waals surface area contributed by atoms with Crippen molar-refractivity contribution in [1.82, 2.24) is 0 Å². The zero-order valence-corrected chi connectivity index (χ0v) is 30.6. The molecule has 0 spiro atoms. The molecule has 0 radical (unpaired) electrons. The summed E-state index contributed by atoms with van der Waals surface area (Å²) in [6, 6.07) is 58.7. The second kappa shape index (κ2) is 21.4. The van der Waals surface area contributed by atoms with Gasteiger partial charge in [0.2, 0.25) is 0 Å². The summed E-state index contributed by atoms with van der Waals surface area (Å²) >= 11 is 2.11. The fourth-order valence-corrected chi connectivity index (χ4v) is 4.28. The molecule has 0 amide bonds. The molecule has 0 aliphatic heterocycles. The Morgan fingerprint density at radius 1 is 0.310 bits per heavy atom. The Morgan fingerprint density at radius 2 is 0.500 bits per heavy atom. The Kier molecular flexibility index (Phi) is 18.7. The summed E-state index contributed by atoms with van der Waals surface area (Å²) in [7, 11) is 0. The molecule has 8 aromatic carbocycles. The average molecular weight is 886 g/mol. The summed E-state index contributed by atoms with van der Waals surface area (Å²) < 4.78 is 6.78. The molecular weight excluding hydrogens is 851 g/mol. The van der Waals surface area contributed by atoms with Gasteiger partial charge in [0, 0.05) is 0 Å². The topological polar surface area (TPSA) is 0 Å². The Morgan fingerprint density at radius 3 is 0.690 bits per heavy atom. The maximum absolute atomic E-state index is 3.39. The van der Waals surface area contributed by atoms with Crippen molar-refractivity contribution in [3.05, 3.63) is 170 Å². The van der Waals surface area contributed by atoms with Gasteiger partial charge >= 0.3 is 56.3 Å². The van der Waals surface area contributed by atoms with Crippen LogP contribution in [0.3, 0.4) is 0 Å². The van der Waals surface area contributed by atoms with E-state index in [1.807, 2.05) is 0 Å². The van der Waals surface area contributed by atoms with Crippen LogP contribution in [-0.2, 0) is 47.8 Å². The summed E-state index contributed by atoms with van der Waals surface area (Å²) in [5.41, 5.74) is 0. The first-order valence-corrected chi connectivity index (χ1v) is 18.1. The molecule has 0 saturated heterocycles. The van der Waals surface area contributed by atoms with Crippen LogP contribution in [-0.4, -0.2) is 8.52 Å². The van der Waals surface area contributed by atoms with Gasteiger partial charge in [-0.25, -0.2) is 0 Å². The van der Waals surface area contributed by atoms with Crippen molar-refractivity contribution in [2.45, 2.75) is 0 Å². The van der Waals surface area contributed by atoms with Crippen molar-refractivity contribution in [2.24, 2.45) is 0 Å². The van der Waals surface area contributed by atoms with Crippen LogP contribution in [0.25, 0.3) is 43.1 Å². The Balaban J connectivity index is 0.000000265. The molecule has 8 rings (SSSR count). The van der Waals surface area contributed by atoms with E-state index in [-0.39, 0.29) is 9.41 Å². The van der Waals surface area contributed by atoms with E-state index in [9.17, 15) is 0 Å². The van der Waals surface area contributed by atoms with Gasteiger partial charge in [0.25, 0.3) is 0 Å². The van der Waals surface area contributed by atoms with E-state index in [1.165, 1.54) is 43.1 Å². The first-order chi connectivity index (χ1) is 19.9. The van der Waals surface area contributed by atoms with Crippen molar-refractivity contribution in [1.29, 1.82) is 0 Å². The predicted octanol–water partition coefficient (Wildman–Crippen LogP) is 10.5. The SMILES string of the molecule is F.F.[CH2]=[Hf+2].[CH2]=[Hf+2].c1ccc2[cH-]ccc2c1.c1ccc2[cH-]ccc2c1.c1ccc2[cH-]ccc2c1.c1ccc2[cH-]ccc2c1. The van der Waals surface area contributed by atoms with Gasteiger partial charge in [-0.3, -0.25) is 9.41 Å². The summed E-state index contributed by atoms with van der Waals surface area (Å²) in [5.74, 6) is 0. The molecule has 0 heterocycles. The first kappa shape index (κ1) is 36.7. The number of fused-ring (bicyclic) bond motifs is 4. The molecular formula is C38H34F2Hf2. The van der Waals surface area contributed by atoms with E-state index in [2.05, 4.69) is 178 Å². The van der Waals surface area contributed by atoms with Crippen molar-refractivity contribution >= 4 is 51.6 Å². The van der Waals surface area contributed by atoms with Crippen LogP contribution in [0.5, 0.6) is 0 Å². The monoisotopic (exact) mass is 888 g/mol. The molecule has 0 unspecified atom stereocenters. The van der Waals surface area contributed by atoms with Crippen molar-refractivity contribution in [3.8, 4) is 0 Å². The minimum Gasteiger partial charge on any atom is -0.168 e. The van der Waals surface area contributed by atoms with Crippen LogP contribution >= 0.6 is 0 Å². The third-order valence-corrected chi connectivity index (χ3v) is 6.19. The van der Waals surface area contributed by atoms with Crippen molar-refractivity contribution in [3.63, 3.8) is 0 Å². The zero-order valence-electron chi connectivity index (χ0n) is 23.4. The summed E-state index contributed by atoms with van der Waals surface area (Å²) in [6.07, 6.45) is 0. The molecule has 0 aromatic heterocycles. The van der Waals surface area contributed by atoms with E-state index in [4.69, 9.17) is 0 Å². The molecule has 0 nitrogen and oxygen atoms in total. The molecule has 0 aliphatic carbocycles. The minimum absolute atomic E-state index is 0. The normalized spacial score (nSPS) is 9.05. The zero-order chi connectivity index (χ0) is 28.4. The van der Waals surface area contributed by atoms with Crippen LogP contribution in [0.4, 0.5) is 9.41 Å².